The monoisotopic (exact) mass is 358 g/mol. The lowest BCUT2D eigenvalue weighted by Crippen LogP contribution is -2.23. The van der Waals surface area contributed by atoms with Crippen molar-refractivity contribution in [3.05, 3.63) is 75.1 Å². The van der Waals surface area contributed by atoms with E-state index < -0.39 is 0 Å². The van der Waals surface area contributed by atoms with Crippen LogP contribution in [0.5, 0.6) is 0 Å². The molecule has 1 heterocycles. The zero-order valence-electron chi connectivity index (χ0n) is 11.4. The summed E-state index contributed by atoms with van der Waals surface area (Å²) in [6, 6.07) is 15.5. The summed E-state index contributed by atoms with van der Waals surface area (Å²) in [5.41, 5.74) is 0.995. The van der Waals surface area contributed by atoms with Crippen molar-refractivity contribution in [3.8, 4) is 0 Å². The van der Waals surface area contributed by atoms with Gasteiger partial charge in [0, 0.05) is 9.86 Å². The summed E-state index contributed by atoms with van der Waals surface area (Å²) >= 11 is 3.39. The van der Waals surface area contributed by atoms with Crippen molar-refractivity contribution in [2.75, 3.05) is 0 Å². The van der Waals surface area contributed by atoms with Gasteiger partial charge < -0.3 is 0 Å². The number of carbonyl (C=O) groups excluding carboxylic acids is 2. The second kappa shape index (κ2) is 7.45. The molecule has 0 saturated carbocycles. The second-order valence-corrected chi connectivity index (χ2v) is 5.32. The number of aromatic nitrogens is 2. The molecule has 3 rings (SSSR count). The van der Waals surface area contributed by atoms with Crippen molar-refractivity contribution in [1.82, 2.24) is 9.78 Å². The minimum absolute atomic E-state index is 0.0670. The Morgan fingerprint density at radius 2 is 1.77 bits per heavy atom. The maximum absolute atomic E-state index is 12.4. The first-order valence-electron chi connectivity index (χ1n) is 6.34. The molecule has 0 aliphatic rings. The molecule has 0 amide bonds. The molecule has 0 atom stereocenters. The first-order valence-corrected chi connectivity index (χ1v) is 7.13. The van der Waals surface area contributed by atoms with Gasteiger partial charge in [0.2, 0.25) is 0 Å². The number of rotatable bonds is 2. The van der Waals surface area contributed by atoms with Crippen molar-refractivity contribution >= 4 is 32.9 Å². The quantitative estimate of drug-likeness (QED) is 0.705. The number of fused-ring (bicyclic) bond motifs is 1. The fraction of sp³-hybridized carbons (Fsp3) is 0.0625. The molecule has 0 spiro atoms. The van der Waals surface area contributed by atoms with Crippen LogP contribution in [-0.2, 0) is 16.1 Å². The van der Waals surface area contributed by atoms with Crippen LogP contribution in [0.2, 0.25) is 0 Å². The topological polar surface area (TPSA) is 69.0 Å². The molecule has 1 aromatic heterocycles. The first kappa shape index (κ1) is 15.8. The molecule has 110 valence electrons. The fourth-order valence-electron chi connectivity index (χ4n) is 2.02. The Bertz CT molecular complexity index is 869. The van der Waals surface area contributed by atoms with Crippen LogP contribution in [0, 0.1) is 0 Å². The minimum atomic E-state index is -0.0670. The SMILES string of the molecule is O=C=O.O=c1c2cc(Br)ccc2cnn1Cc1ccccc1. The van der Waals surface area contributed by atoms with Crippen molar-refractivity contribution in [1.29, 1.82) is 0 Å². The molecule has 0 bridgehead atoms. The van der Waals surface area contributed by atoms with Gasteiger partial charge in [-0.25, -0.2) is 4.68 Å². The molecule has 0 unspecified atom stereocenters. The lowest BCUT2D eigenvalue weighted by Gasteiger charge is -2.06. The van der Waals surface area contributed by atoms with Gasteiger partial charge in [-0.1, -0.05) is 52.3 Å². The van der Waals surface area contributed by atoms with Gasteiger partial charge in [-0.2, -0.15) is 14.7 Å². The molecule has 22 heavy (non-hydrogen) atoms. The number of nitrogens with zero attached hydrogens (tertiary/aromatic N) is 2. The van der Waals surface area contributed by atoms with E-state index in [1.54, 1.807) is 6.20 Å². The number of benzene rings is 2. The van der Waals surface area contributed by atoms with Crippen LogP contribution in [0.15, 0.2) is 64.0 Å². The number of hydrogen-bond donors (Lipinski definition) is 0. The highest BCUT2D eigenvalue weighted by molar-refractivity contribution is 9.10. The summed E-state index contributed by atoms with van der Waals surface area (Å²) < 4.78 is 2.39. The zero-order chi connectivity index (χ0) is 15.9. The Morgan fingerprint density at radius 3 is 2.45 bits per heavy atom. The molecule has 0 fully saturated rings. The van der Waals surface area contributed by atoms with E-state index in [1.807, 2.05) is 48.5 Å². The zero-order valence-corrected chi connectivity index (χ0v) is 13.0. The average Bonchev–Trinajstić information content (AvgIpc) is 2.52. The van der Waals surface area contributed by atoms with E-state index >= 15 is 0 Å². The molecular formula is C16H11BrN2O3. The van der Waals surface area contributed by atoms with Crippen molar-refractivity contribution in [2.24, 2.45) is 0 Å². The summed E-state index contributed by atoms with van der Waals surface area (Å²) in [5, 5.41) is 5.76. The smallest absolute Gasteiger partial charge is 0.267 e. The Morgan fingerprint density at radius 1 is 1.09 bits per heavy atom. The predicted molar refractivity (Wildman–Crippen MR) is 84.3 cm³/mol. The molecule has 2 aromatic carbocycles. The van der Waals surface area contributed by atoms with Gasteiger partial charge in [0.15, 0.2) is 0 Å². The molecule has 3 aromatic rings. The molecule has 6 heteroatoms. The van der Waals surface area contributed by atoms with E-state index in [0.717, 1.165) is 15.4 Å². The highest BCUT2D eigenvalue weighted by atomic mass is 79.9. The van der Waals surface area contributed by atoms with Crippen molar-refractivity contribution < 1.29 is 9.59 Å². The largest absolute Gasteiger partial charge is 0.373 e. The normalized spacial score (nSPS) is 9.68. The lowest BCUT2D eigenvalue weighted by atomic mass is 10.2. The van der Waals surface area contributed by atoms with Gasteiger partial charge in [-0.3, -0.25) is 4.79 Å². The fourth-order valence-corrected chi connectivity index (χ4v) is 2.38. The summed E-state index contributed by atoms with van der Waals surface area (Å²) in [6.07, 6.45) is 1.98. The Labute approximate surface area is 134 Å². The van der Waals surface area contributed by atoms with Gasteiger partial charge >= 0.3 is 6.15 Å². The lowest BCUT2D eigenvalue weighted by molar-refractivity contribution is -0.191. The van der Waals surface area contributed by atoms with E-state index in [4.69, 9.17) is 9.59 Å². The molecule has 0 aliphatic heterocycles. The Balaban J connectivity index is 0.000000545. The van der Waals surface area contributed by atoms with E-state index in [2.05, 4.69) is 21.0 Å². The van der Waals surface area contributed by atoms with Crippen LogP contribution >= 0.6 is 15.9 Å². The van der Waals surface area contributed by atoms with E-state index in [-0.39, 0.29) is 11.7 Å². The van der Waals surface area contributed by atoms with Crippen LogP contribution in [0.4, 0.5) is 0 Å². The average molecular weight is 359 g/mol. The van der Waals surface area contributed by atoms with Crippen LogP contribution in [0.3, 0.4) is 0 Å². The standard InChI is InChI=1S/C15H11BrN2O.CO2/c16-13-7-6-12-9-17-18(15(19)14(12)8-13)10-11-4-2-1-3-5-11;2-1-3/h1-9H,10H2;. The number of hydrogen-bond acceptors (Lipinski definition) is 4. The minimum Gasteiger partial charge on any atom is -0.267 e. The van der Waals surface area contributed by atoms with Gasteiger partial charge in [-0.15, -0.1) is 0 Å². The molecule has 0 N–H and O–H groups in total. The Hall–Kier alpha value is -2.56. The Kier molecular flexibility index (Phi) is 5.36. The van der Waals surface area contributed by atoms with Crippen LogP contribution in [0.25, 0.3) is 10.8 Å². The third kappa shape index (κ3) is 3.75. The maximum Gasteiger partial charge on any atom is 0.373 e. The molecule has 0 radical (unpaired) electrons. The summed E-state index contributed by atoms with van der Waals surface area (Å²) in [4.78, 5) is 28.6. The number of halogens is 1. The maximum atomic E-state index is 12.4. The van der Waals surface area contributed by atoms with E-state index in [9.17, 15) is 4.79 Å². The van der Waals surface area contributed by atoms with Gasteiger partial charge in [0.1, 0.15) is 0 Å². The summed E-state index contributed by atoms with van der Waals surface area (Å²) in [5.74, 6) is 0. The van der Waals surface area contributed by atoms with Crippen molar-refractivity contribution in [2.45, 2.75) is 6.54 Å². The summed E-state index contributed by atoms with van der Waals surface area (Å²) in [7, 11) is 0. The van der Waals surface area contributed by atoms with E-state index in [0.29, 0.717) is 11.9 Å². The van der Waals surface area contributed by atoms with Gasteiger partial charge in [0.25, 0.3) is 5.56 Å². The molecule has 0 aliphatic carbocycles. The van der Waals surface area contributed by atoms with Gasteiger partial charge in [-0.05, 0) is 17.7 Å². The highest BCUT2D eigenvalue weighted by Gasteiger charge is 2.05. The first-order chi connectivity index (χ1) is 10.7. The predicted octanol–water partition coefficient (Wildman–Crippen LogP) is 2.62. The van der Waals surface area contributed by atoms with E-state index in [1.165, 1.54) is 4.68 Å². The van der Waals surface area contributed by atoms with Crippen LogP contribution in [-0.4, -0.2) is 15.9 Å². The second-order valence-electron chi connectivity index (χ2n) is 4.41. The molecule has 0 saturated heterocycles. The third-order valence-corrected chi connectivity index (χ3v) is 3.48. The van der Waals surface area contributed by atoms with Crippen LogP contribution < -0.4 is 5.56 Å². The molecule has 5 nitrogen and oxygen atoms in total. The van der Waals surface area contributed by atoms with Crippen LogP contribution in [0.1, 0.15) is 5.56 Å². The van der Waals surface area contributed by atoms with Crippen molar-refractivity contribution in [3.63, 3.8) is 0 Å². The highest BCUT2D eigenvalue weighted by Crippen LogP contribution is 2.15. The van der Waals surface area contributed by atoms with Gasteiger partial charge in [0.05, 0.1) is 18.1 Å². The summed E-state index contributed by atoms with van der Waals surface area (Å²) in [6.45, 7) is 0.488. The third-order valence-electron chi connectivity index (χ3n) is 2.99. The molecular weight excluding hydrogens is 348 g/mol.